The van der Waals surface area contributed by atoms with Crippen LogP contribution in [0.3, 0.4) is 0 Å². The fourth-order valence-electron chi connectivity index (χ4n) is 3.52. The number of nitrogens with one attached hydrogen (secondary N) is 1. The van der Waals surface area contributed by atoms with Gasteiger partial charge in [-0.1, -0.05) is 0 Å². The Kier molecular flexibility index (Phi) is 5.73. The van der Waals surface area contributed by atoms with Crippen molar-refractivity contribution in [2.24, 2.45) is 11.7 Å². The van der Waals surface area contributed by atoms with Crippen LogP contribution in [0, 0.1) is 23.1 Å². The molecule has 0 saturated carbocycles. The quantitative estimate of drug-likeness (QED) is 0.741. The summed E-state index contributed by atoms with van der Waals surface area (Å²) in [6, 6.07) is 7.30. The summed E-state index contributed by atoms with van der Waals surface area (Å²) in [4.78, 5) is 25.9. The van der Waals surface area contributed by atoms with Gasteiger partial charge in [0.25, 0.3) is 5.91 Å². The molecule has 31 heavy (non-hydrogen) atoms. The first-order valence-electron chi connectivity index (χ1n) is 9.79. The standard InChI is InChI=1S/C20H21FN6O4/c21-13-1-3-14(4-2-13)24-19-16(18(23)28)8-27(25-19)17-9-26(6-5-12(17)7-22)20(29)31-15-10-30-11-15/h1-4,8,12,15,17H,5-6,9-11H2,(H2,23,28)(H,24,25)/t12-,17+/m1/s1. The molecule has 0 spiro atoms. The number of ether oxygens (including phenoxy) is 2. The highest BCUT2D eigenvalue weighted by Gasteiger charge is 2.36. The second-order valence-corrected chi connectivity index (χ2v) is 7.45. The molecule has 162 valence electrons. The number of benzene rings is 1. The van der Waals surface area contributed by atoms with Crippen molar-refractivity contribution in [2.45, 2.75) is 18.6 Å². The van der Waals surface area contributed by atoms with Crippen LogP contribution >= 0.6 is 0 Å². The molecule has 3 heterocycles. The van der Waals surface area contributed by atoms with Crippen molar-refractivity contribution in [1.82, 2.24) is 14.7 Å². The van der Waals surface area contributed by atoms with Crippen molar-refractivity contribution >= 4 is 23.5 Å². The molecule has 1 aromatic heterocycles. The van der Waals surface area contributed by atoms with Gasteiger partial charge < -0.3 is 25.4 Å². The van der Waals surface area contributed by atoms with Gasteiger partial charge in [-0.25, -0.2) is 9.18 Å². The van der Waals surface area contributed by atoms with E-state index in [1.807, 2.05) is 0 Å². The van der Waals surface area contributed by atoms with Crippen LogP contribution in [0.2, 0.25) is 0 Å². The van der Waals surface area contributed by atoms with Crippen molar-refractivity contribution in [1.29, 1.82) is 5.26 Å². The summed E-state index contributed by atoms with van der Waals surface area (Å²) in [6.45, 7) is 1.33. The first-order chi connectivity index (χ1) is 14.9. The Bertz CT molecular complexity index is 1010. The van der Waals surface area contributed by atoms with Crippen LogP contribution in [0.1, 0.15) is 22.8 Å². The summed E-state index contributed by atoms with van der Waals surface area (Å²) >= 11 is 0. The summed E-state index contributed by atoms with van der Waals surface area (Å²) in [5.74, 6) is -1.34. The molecule has 10 nitrogen and oxygen atoms in total. The summed E-state index contributed by atoms with van der Waals surface area (Å²) in [5, 5.41) is 17.0. The van der Waals surface area contributed by atoms with E-state index in [-0.39, 0.29) is 24.0 Å². The van der Waals surface area contributed by atoms with E-state index in [4.69, 9.17) is 15.2 Å². The molecule has 0 unspecified atom stereocenters. The highest BCUT2D eigenvalue weighted by molar-refractivity contribution is 5.98. The average molecular weight is 428 g/mol. The van der Waals surface area contributed by atoms with Gasteiger partial charge in [-0.05, 0) is 30.7 Å². The minimum atomic E-state index is -0.707. The molecule has 2 fully saturated rings. The molecule has 0 bridgehead atoms. The van der Waals surface area contributed by atoms with E-state index in [2.05, 4.69) is 16.5 Å². The zero-order chi connectivity index (χ0) is 22.0. The second kappa shape index (κ2) is 8.61. The highest BCUT2D eigenvalue weighted by atomic mass is 19.1. The van der Waals surface area contributed by atoms with E-state index >= 15 is 0 Å². The summed E-state index contributed by atoms with van der Waals surface area (Å²) in [5.41, 5.74) is 6.13. The summed E-state index contributed by atoms with van der Waals surface area (Å²) in [6.07, 6.45) is 1.17. The number of anilines is 2. The van der Waals surface area contributed by atoms with Gasteiger partial charge in [0.15, 0.2) is 11.9 Å². The lowest BCUT2D eigenvalue weighted by molar-refractivity contribution is -0.106. The third-order valence-electron chi connectivity index (χ3n) is 5.33. The maximum Gasteiger partial charge on any atom is 0.410 e. The molecule has 2 amide bonds. The van der Waals surface area contributed by atoms with Crippen molar-refractivity contribution in [3.05, 3.63) is 41.8 Å². The Hall–Kier alpha value is -3.65. The summed E-state index contributed by atoms with van der Waals surface area (Å²) < 4.78 is 25.0. The van der Waals surface area contributed by atoms with E-state index in [1.165, 1.54) is 40.0 Å². The molecule has 0 aliphatic carbocycles. The van der Waals surface area contributed by atoms with Gasteiger partial charge in [-0.15, -0.1) is 0 Å². The molecular formula is C20H21FN6O4. The number of hydrogen-bond acceptors (Lipinski definition) is 7. The van der Waals surface area contributed by atoms with Gasteiger partial charge in [0.05, 0.1) is 31.2 Å². The van der Waals surface area contributed by atoms with Crippen molar-refractivity contribution < 1.29 is 23.5 Å². The van der Waals surface area contributed by atoms with Gasteiger partial charge in [0, 0.05) is 25.0 Å². The Labute approximate surface area is 177 Å². The van der Waals surface area contributed by atoms with Gasteiger partial charge >= 0.3 is 6.09 Å². The van der Waals surface area contributed by atoms with Gasteiger partial charge in [0.1, 0.15) is 11.4 Å². The first kappa shape index (κ1) is 20.6. The Morgan fingerprint density at radius 3 is 2.68 bits per heavy atom. The number of aromatic nitrogens is 2. The molecule has 2 aromatic rings. The summed E-state index contributed by atoms with van der Waals surface area (Å²) in [7, 11) is 0. The number of rotatable bonds is 5. The number of amides is 2. The van der Waals surface area contributed by atoms with E-state index in [9.17, 15) is 19.2 Å². The number of primary amides is 1. The van der Waals surface area contributed by atoms with Crippen LogP contribution in [0.4, 0.5) is 20.7 Å². The third-order valence-corrected chi connectivity index (χ3v) is 5.33. The Morgan fingerprint density at radius 1 is 1.32 bits per heavy atom. The van der Waals surface area contributed by atoms with Crippen molar-refractivity contribution in [3.8, 4) is 6.07 Å². The van der Waals surface area contributed by atoms with Gasteiger partial charge in [-0.3, -0.25) is 9.48 Å². The van der Waals surface area contributed by atoms with Crippen LogP contribution in [0.5, 0.6) is 0 Å². The lowest BCUT2D eigenvalue weighted by Crippen LogP contribution is -2.48. The fraction of sp³-hybridized carbons (Fsp3) is 0.400. The SMILES string of the molecule is N#C[C@H]1CCN(C(=O)OC2COC2)C[C@@H]1n1cc(C(N)=O)c(Nc2ccc(F)cc2)n1. The molecule has 2 atom stereocenters. The molecular weight excluding hydrogens is 407 g/mol. The minimum absolute atomic E-state index is 0.118. The third kappa shape index (κ3) is 4.44. The lowest BCUT2D eigenvalue weighted by Gasteiger charge is -2.36. The number of carbonyl (C=O) groups excluding carboxylic acids is 2. The number of halogens is 1. The number of hydrogen-bond donors (Lipinski definition) is 2. The van der Waals surface area contributed by atoms with Crippen LogP contribution in [-0.2, 0) is 9.47 Å². The van der Waals surface area contributed by atoms with Gasteiger partial charge in [0.2, 0.25) is 0 Å². The molecule has 4 rings (SSSR count). The topological polar surface area (TPSA) is 136 Å². The molecule has 1 aromatic carbocycles. The fourth-order valence-corrected chi connectivity index (χ4v) is 3.52. The Morgan fingerprint density at radius 2 is 2.06 bits per heavy atom. The van der Waals surface area contributed by atoms with Crippen LogP contribution < -0.4 is 11.1 Å². The molecule has 3 N–H and O–H groups in total. The average Bonchev–Trinajstić information content (AvgIpc) is 3.15. The normalized spacial score (nSPS) is 21.1. The number of nitriles is 1. The number of piperidine rings is 1. The highest BCUT2D eigenvalue weighted by Crippen LogP contribution is 2.30. The zero-order valence-corrected chi connectivity index (χ0v) is 16.5. The smallest absolute Gasteiger partial charge is 0.410 e. The number of likely N-dealkylation sites (tertiary alicyclic amines) is 1. The largest absolute Gasteiger partial charge is 0.441 e. The second-order valence-electron chi connectivity index (χ2n) is 7.45. The van der Waals surface area contributed by atoms with Crippen molar-refractivity contribution in [3.63, 3.8) is 0 Å². The molecule has 2 aliphatic rings. The van der Waals surface area contributed by atoms with E-state index < -0.39 is 29.8 Å². The predicted octanol–water partition coefficient (Wildman–Crippen LogP) is 1.79. The zero-order valence-electron chi connectivity index (χ0n) is 16.5. The number of carbonyl (C=O) groups is 2. The maximum absolute atomic E-state index is 13.2. The van der Waals surface area contributed by atoms with E-state index in [1.54, 1.807) is 0 Å². The molecule has 11 heteroatoms. The number of nitrogens with two attached hydrogens (primary N) is 1. The lowest BCUT2D eigenvalue weighted by atomic mass is 9.93. The van der Waals surface area contributed by atoms with E-state index in [0.717, 1.165) is 0 Å². The van der Waals surface area contributed by atoms with Gasteiger partial charge in [-0.2, -0.15) is 10.4 Å². The monoisotopic (exact) mass is 428 g/mol. The predicted molar refractivity (Wildman–Crippen MR) is 106 cm³/mol. The van der Waals surface area contributed by atoms with E-state index in [0.29, 0.717) is 31.9 Å². The van der Waals surface area contributed by atoms with Crippen LogP contribution in [0.15, 0.2) is 30.5 Å². The first-order valence-corrected chi connectivity index (χ1v) is 9.79. The van der Waals surface area contributed by atoms with Crippen LogP contribution in [0.25, 0.3) is 0 Å². The maximum atomic E-state index is 13.2. The van der Waals surface area contributed by atoms with Crippen LogP contribution in [-0.4, -0.2) is 59.1 Å². The molecule has 2 saturated heterocycles. The molecule has 2 aliphatic heterocycles. The van der Waals surface area contributed by atoms with Crippen molar-refractivity contribution in [2.75, 3.05) is 31.6 Å². The minimum Gasteiger partial charge on any atom is -0.441 e. The Balaban J connectivity index is 1.56. The molecule has 0 radical (unpaired) electrons. The number of nitrogens with zero attached hydrogens (tertiary/aromatic N) is 4.